The Kier molecular flexibility index (Phi) is 5.04. The summed E-state index contributed by atoms with van der Waals surface area (Å²) in [4.78, 5) is 21.9. The number of amides is 1. The van der Waals surface area contributed by atoms with Crippen LogP contribution in [0.2, 0.25) is 0 Å². The Morgan fingerprint density at radius 3 is 2.69 bits per heavy atom. The highest BCUT2D eigenvalue weighted by Crippen LogP contribution is 2.27. The van der Waals surface area contributed by atoms with Crippen LogP contribution in [0.4, 0.5) is 0 Å². The van der Waals surface area contributed by atoms with E-state index in [-0.39, 0.29) is 11.9 Å². The molecule has 1 saturated heterocycles. The summed E-state index contributed by atoms with van der Waals surface area (Å²) in [5.74, 6) is 1.75. The Hall–Kier alpha value is -2.18. The monoisotopic (exact) mass is 355 g/mol. The van der Waals surface area contributed by atoms with Gasteiger partial charge >= 0.3 is 0 Å². The van der Waals surface area contributed by atoms with Crippen molar-refractivity contribution in [2.75, 3.05) is 32.8 Å². The molecular formula is C20H25N3O3. The summed E-state index contributed by atoms with van der Waals surface area (Å²) < 4.78 is 11.4. The third kappa shape index (κ3) is 3.39. The van der Waals surface area contributed by atoms with Crippen molar-refractivity contribution in [2.24, 2.45) is 0 Å². The fraction of sp³-hybridized carbons (Fsp3) is 0.500. The molecule has 2 aliphatic heterocycles. The number of benzene rings is 1. The molecule has 1 atom stereocenters. The molecular weight excluding hydrogens is 330 g/mol. The maximum Gasteiger partial charge on any atom is 0.240 e. The van der Waals surface area contributed by atoms with Gasteiger partial charge in [0, 0.05) is 31.6 Å². The quantitative estimate of drug-likeness (QED) is 0.842. The van der Waals surface area contributed by atoms with Gasteiger partial charge in [-0.25, -0.2) is 4.98 Å². The average Bonchev–Trinajstić information content (AvgIpc) is 3.13. The van der Waals surface area contributed by atoms with Gasteiger partial charge in [0.05, 0.1) is 25.8 Å². The van der Waals surface area contributed by atoms with Crippen molar-refractivity contribution in [3.05, 3.63) is 41.8 Å². The molecule has 6 nitrogen and oxygen atoms in total. The highest BCUT2D eigenvalue weighted by Gasteiger charge is 2.33. The molecule has 0 aliphatic carbocycles. The number of oxazole rings is 1. The Morgan fingerprint density at radius 2 is 1.96 bits per heavy atom. The third-order valence-electron chi connectivity index (χ3n) is 5.22. The van der Waals surface area contributed by atoms with Crippen molar-refractivity contribution >= 4 is 5.91 Å². The van der Waals surface area contributed by atoms with Crippen LogP contribution in [-0.2, 0) is 22.5 Å². The molecule has 1 fully saturated rings. The minimum atomic E-state index is -0.0686. The van der Waals surface area contributed by atoms with Crippen molar-refractivity contribution < 1.29 is 13.9 Å². The molecule has 2 aliphatic rings. The Labute approximate surface area is 153 Å². The van der Waals surface area contributed by atoms with Crippen molar-refractivity contribution in [1.82, 2.24) is 14.8 Å². The second-order valence-electron chi connectivity index (χ2n) is 6.84. The fourth-order valence-corrected chi connectivity index (χ4v) is 3.78. The van der Waals surface area contributed by atoms with Crippen LogP contribution in [0.1, 0.15) is 24.8 Å². The molecule has 3 heterocycles. The van der Waals surface area contributed by atoms with Gasteiger partial charge in [-0.3, -0.25) is 9.69 Å². The van der Waals surface area contributed by atoms with Crippen LogP contribution < -0.4 is 0 Å². The smallest absolute Gasteiger partial charge is 0.240 e. The molecule has 0 bridgehead atoms. The van der Waals surface area contributed by atoms with Gasteiger partial charge in [-0.1, -0.05) is 25.1 Å². The summed E-state index contributed by atoms with van der Waals surface area (Å²) in [6.45, 7) is 6.37. The SMILES string of the molecule is CCC(C(=O)N1CCc2oc(-c3ccccc3)nc2C1)N1CCOCC1. The summed E-state index contributed by atoms with van der Waals surface area (Å²) >= 11 is 0. The maximum atomic E-state index is 13.1. The van der Waals surface area contributed by atoms with Gasteiger partial charge in [-0.2, -0.15) is 0 Å². The molecule has 1 aromatic carbocycles. The van der Waals surface area contributed by atoms with E-state index in [1.807, 2.05) is 35.2 Å². The van der Waals surface area contributed by atoms with Crippen molar-refractivity contribution in [2.45, 2.75) is 32.4 Å². The highest BCUT2D eigenvalue weighted by molar-refractivity contribution is 5.82. The maximum absolute atomic E-state index is 13.1. The van der Waals surface area contributed by atoms with Gasteiger partial charge in [0.25, 0.3) is 0 Å². The molecule has 1 unspecified atom stereocenters. The van der Waals surface area contributed by atoms with E-state index in [4.69, 9.17) is 9.15 Å². The average molecular weight is 355 g/mol. The zero-order valence-electron chi connectivity index (χ0n) is 15.2. The minimum absolute atomic E-state index is 0.0686. The number of hydrogen-bond acceptors (Lipinski definition) is 5. The number of aromatic nitrogens is 1. The predicted molar refractivity (Wildman–Crippen MR) is 97.5 cm³/mol. The molecule has 6 heteroatoms. The molecule has 1 amide bonds. The molecule has 138 valence electrons. The first-order valence-electron chi connectivity index (χ1n) is 9.41. The van der Waals surface area contributed by atoms with E-state index in [0.29, 0.717) is 32.2 Å². The first-order valence-corrected chi connectivity index (χ1v) is 9.41. The minimum Gasteiger partial charge on any atom is -0.441 e. The van der Waals surface area contributed by atoms with Crippen LogP contribution >= 0.6 is 0 Å². The van der Waals surface area contributed by atoms with E-state index in [9.17, 15) is 4.79 Å². The zero-order valence-corrected chi connectivity index (χ0v) is 15.2. The van der Waals surface area contributed by atoms with Gasteiger partial charge in [0.15, 0.2) is 0 Å². The predicted octanol–water partition coefficient (Wildman–Crippen LogP) is 2.34. The Balaban J connectivity index is 1.49. The molecule has 26 heavy (non-hydrogen) atoms. The normalized spacial score (nSPS) is 19.2. The summed E-state index contributed by atoms with van der Waals surface area (Å²) in [6.07, 6.45) is 1.54. The second kappa shape index (κ2) is 7.60. The second-order valence-corrected chi connectivity index (χ2v) is 6.84. The highest BCUT2D eigenvalue weighted by atomic mass is 16.5. The number of ether oxygens (including phenoxy) is 1. The number of carbonyl (C=O) groups is 1. The number of morpholine rings is 1. The van der Waals surface area contributed by atoms with E-state index in [0.717, 1.165) is 42.9 Å². The van der Waals surface area contributed by atoms with Crippen LogP contribution in [0.3, 0.4) is 0 Å². The van der Waals surface area contributed by atoms with Crippen LogP contribution in [0, 0.1) is 0 Å². The lowest BCUT2D eigenvalue weighted by Gasteiger charge is -2.36. The van der Waals surface area contributed by atoms with Crippen molar-refractivity contribution in [3.63, 3.8) is 0 Å². The largest absolute Gasteiger partial charge is 0.441 e. The van der Waals surface area contributed by atoms with Gasteiger partial charge in [0.1, 0.15) is 11.5 Å². The van der Waals surface area contributed by atoms with Crippen LogP contribution in [0.15, 0.2) is 34.7 Å². The summed E-state index contributed by atoms with van der Waals surface area (Å²) in [7, 11) is 0. The standard InChI is InChI=1S/C20H25N3O3/c1-2-17(22-10-12-25-13-11-22)20(24)23-9-8-18-16(14-23)21-19(26-18)15-6-4-3-5-7-15/h3-7,17H,2,8-14H2,1H3. The zero-order chi connectivity index (χ0) is 17.9. The molecule has 2 aromatic rings. The summed E-state index contributed by atoms with van der Waals surface area (Å²) in [6, 6.07) is 9.84. The molecule has 0 radical (unpaired) electrons. The Morgan fingerprint density at radius 1 is 1.19 bits per heavy atom. The molecule has 0 N–H and O–H groups in total. The fourth-order valence-electron chi connectivity index (χ4n) is 3.78. The van der Waals surface area contributed by atoms with Gasteiger partial charge in [-0.05, 0) is 18.6 Å². The molecule has 1 aromatic heterocycles. The first-order chi connectivity index (χ1) is 12.8. The van der Waals surface area contributed by atoms with E-state index in [2.05, 4.69) is 16.8 Å². The van der Waals surface area contributed by atoms with Crippen LogP contribution in [0.25, 0.3) is 11.5 Å². The number of fused-ring (bicyclic) bond motifs is 1. The van der Waals surface area contributed by atoms with E-state index in [1.54, 1.807) is 0 Å². The molecule has 0 saturated carbocycles. The lowest BCUT2D eigenvalue weighted by atomic mass is 10.1. The third-order valence-corrected chi connectivity index (χ3v) is 5.22. The summed E-state index contributed by atoms with van der Waals surface area (Å²) in [5.41, 5.74) is 1.86. The number of hydrogen-bond donors (Lipinski definition) is 0. The first kappa shape index (κ1) is 17.2. The molecule has 0 spiro atoms. The van der Waals surface area contributed by atoms with Gasteiger partial charge in [0.2, 0.25) is 11.8 Å². The Bertz CT molecular complexity index is 753. The van der Waals surface area contributed by atoms with Crippen molar-refractivity contribution in [3.8, 4) is 11.5 Å². The lowest BCUT2D eigenvalue weighted by molar-refractivity contribution is -0.140. The number of nitrogens with zero attached hydrogens (tertiary/aromatic N) is 3. The van der Waals surface area contributed by atoms with Gasteiger partial charge in [-0.15, -0.1) is 0 Å². The number of carbonyl (C=O) groups excluding carboxylic acids is 1. The van der Waals surface area contributed by atoms with Gasteiger partial charge < -0.3 is 14.1 Å². The molecule has 4 rings (SSSR count). The van der Waals surface area contributed by atoms with E-state index < -0.39 is 0 Å². The lowest BCUT2D eigenvalue weighted by Crippen LogP contribution is -2.52. The van der Waals surface area contributed by atoms with E-state index >= 15 is 0 Å². The topological polar surface area (TPSA) is 58.8 Å². The van der Waals surface area contributed by atoms with Crippen molar-refractivity contribution in [1.29, 1.82) is 0 Å². The van der Waals surface area contributed by atoms with E-state index in [1.165, 1.54) is 0 Å². The van der Waals surface area contributed by atoms with Crippen LogP contribution in [-0.4, -0.2) is 59.6 Å². The summed E-state index contributed by atoms with van der Waals surface area (Å²) in [5, 5.41) is 0. The number of rotatable bonds is 4. The van der Waals surface area contributed by atoms with Crippen LogP contribution in [0.5, 0.6) is 0 Å².